The molecular weight excluding hydrogens is 270 g/mol. The van der Waals surface area contributed by atoms with Crippen LogP contribution in [0.5, 0.6) is 0 Å². The third kappa shape index (κ3) is 2.72. The fraction of sp³-hybridized carbons (Fsp3) is 0.545. The topological polar surface area (TPSA) is 76.3 Å². The molecule has 5 nitrogen and oxygen atoms in total. The average Bonchev–Trinajstić information content (AvgIpc) is 2.32. The van der Waals surface area contributed by atoms with Gasteiger partial charge < -0.3 is 10.6 Å². The summed E-state index contributed by atoms with van der Waals surface area (Å²) in [6, 6.07) is 1.75. The molecule has 2 N–H and O–H groups in total. The Balaban J connectivity index is 2.37. The van der Waals surface area contributed by atoms with Gasteiger partial charge in [0.25, 0.3) is 0 Å². The molecule has 18 heavy (non-hydrogen) atoms. The van der Waals surface area contributed by atoms with E-state index in [2.05, 4.69) is 4.98 Å². The van der Waals surface area contributed by atoms with Gasteiger partial charge in [-0.25, -0.2) is 13.4 Å². The average molecular weight is 287 g/mol. The van der Waals surface area contributed by atoms with E-state index < -0.39 is 15.2 Å². The third-order valence-electron chi connectivity index (χ3n) is 3.00. The van der Waals surface area contributed by atoms with Crippen LogP contribution in [-0.2, 0) is 9.84 Å². The molecule has 2 rings (SSSR count). The van der Waals surface area contributed by atoms with Crippen molar-refractivity contribution in [2.75, 3.05) is 34.9 Å². The number of pyridine rings is 1. The molecule has 0 spiro atoms. The molecule has 1 aliphatic rings. The minimum Gasteiger partial charge on any atom is -0.398 e. The number of hydrogen-bond donors (Lipinski definition) is 1. The fourth-order valence-corrected chi connectivity index (χ4v) is 4.71. The summed E-state index contributed by atoms with van der Waals surface area (Å²) < 4.78 is 23.6. The van der Waals surface area contributed by atoms with Crippen LogP contribution in [0.3, 0.4) is 0 Å². The van der Waals surface area contributed by atoms with E-state index in [1.54, 1.807) is 24.0 Å². The highest BCUT2D eigenvalue weighted by molar-refractivity contribution is 8.01. The van der Waals surface area contributed by atoms with E-state index in [1.165, 1.54) is 6.26 Å². The molecule has 0 bridgehead atoms. The molecule has 1 fully saturated rings. The second kappa shape index (κ2) is 4.97. The van der Waals surface area contributed by atoms with Gasteiger partial charge in [0.1, 0.15) is 11.2 Å². The maximum Gasteiger partial charge on any atom is 0.169 e. The van der Waals surface area contributed by atoms with Gasteiger partial charge in [0.05, 0.1) is 0 Å². The van der Waals surface area contributed by atoms with E-state index in [9.17, 15) is 8.42 Å². The Bertz CT molecular complexity index is 545. The van der Waals surface area contributed by atoms with E-state index in [0.29, 0.717) is 23.8 Å². The van der Waals surface area contributed by atoms with Gasteiger partial charge in [-0.05, 0) is 12.5 Å². The number of nitrogen functional groups attached to an aromatic ring is 1. The lowest BCUT2D eigenvalue weighted by Crippen LogP contribution is -2.47. The van der Waals surface area contributed by atoms with Crippen molar-refractivity contribution in [3.63, 3.8) is 0 Å². The zero-order valence-electron chi connectivity index (χ0n) is 10.5. The van der Waals surface area contributed by atoms with E-state index >= 15 is 0 Å². The summed E-state index contributed by atoms with van der Waals surface area (Å²) in [5.41, 5.74) is 7.41. The molecule has 0 aliphatic carbocycles. The summed E-state index contributed by atoms with van der Waals surface area (Å²) in [5.74, 6) is 2.13. The van der Waals surface area contributed by atoms with E-state index in [1.807, 2.05) is 11.8 Å². The maximum atomic E-state index is 11.8. The Hall–Kier alpha value is -0.950. The van der Waals surface area contributed by atoms with Crippen LogP contribution in [0.15, 0.2) is 12.3 Å². The van der Waals surface area contributed by atoms with Crippen LogP contribution < -0.4 is 10.6 Å². The molecule has 1 saturated heterocycles. The molecule has 1 aliphatic heterocycles. The largest absolute Gasteiger partial charge is 0.398 e. The Morgan fingerprint density at radius 3 is 2.89 bits per heavy atom. The maximum absolute atomic E-state index is 11.8. The lowest BCUT2D eigenvalue weighted by atomic mass is 10.2. The number of anilines is 2. The van der Waals surface area contributed by atoms with E-state index in [0.717, 1.165) is 11.3 Å². The quantitative estimate of drug-likeness (QED) is 0.871. The second-order valence-corrected chi connectivity index (χ2v) is 7.80. The molecule has 1 atom stereocenters. The number of sulfone groups is 1. The lowest BCUT2D eigenvalue weighted by Gasteiger charge is -2.35. The normalized spacial score (nSPS) is 21.0. The molecule has 1 unspecified atom stereocenters. The molecule has 2 heterocycles. The molecule has 0 amide bonds. The van der Waals surface area contributed by atoms with Crippen LogP contribution in [0, 0.1) is 6.92 Å². The van der Waals surface area contributed by atoms with Gasteiger partial charge in [-0.2, -0.15) is 11.8 Å². The summed E-state index contributed by atoms with van der Waals surface area (Å²) >= 11 is 1.66. The molecule has 0 radical (unpaired) electrons. The SMILES string of the molecule is Cc1cnc(N2CCSCC2S(C)(=O)=O)cc1N. The summed E-state index contributed by atoms with van der Waals surface area (Å²) in [7, 11) is -3.12. The molecule has 7 heteroatoms. The Labute approximate surface area is 112 Å². The Kier molecular flexibility index (Phi) is 3.72. The zero-order valence-corrected chi connectivity index (χ0v) is 12.1. The molecule has 1 aromatic rings. The van der Waals surface area contributed by atoms with Crippen LogP contribution in [0.1, 0.15) is 5.56 Å². The van der Waals surface area contributed by atoms with Crippen LogP contribution in [0.25, 0.3) is 0 Å². The fourth-order valence-electron chi connectivity index (χ4n) is 1.88. The van der Waals surface area contributed by atoms with Crippen LogP contribution in [-0.4, -0.2) is 43.1 Å². The van der Waals surface area contributed by atoms with Crippen molar-refractivity contribution in [2.45, 2.75) is 12.3 Å². The molecule has 100 valence electrons. The summed E-state index contributed by atoms with van der Waals surface area (Å²) in [5, 5.41) is -0.508. The van der Waals surface area contributed by atoms with Crippen LogP contribution in [0.4, 0.5) is 11.5 Å². The second-order valence-electron chi connectivity index (χ2n) is 4.45. The minimum atomic E-state index is -3.12. The van der Waals surface area contributed by atoms with E-state index in [4.69, 9.17) is 5.73 Å². The summed E-state index contributed by atoms with van der Waals surface area (Å²) in [6.07, 6.45) is 2.96. The first-order valence-corrected chi connectivity index (χ1v) is 8.76. The molecule has 0 saturated carbocycles. The number of aromatic nitrogens is 1. The molecule has 1 aromatic heterocycles. The Morgan fingerprint density at radius 2 is 2.28 bits per heavy atom. The van der Waals surface area contributed by atoms with Crippen LogP contribution in [0.2, 0.25) is 0 Å². The standard InChI is InChI=1S/C11H17N3O2S2/c1-8-6-13-10(5-9(8)12)14-3-4-17-7-11(14)18(2,15)16/h5-6,11H,3-4,7H2,1-2H3,(H2,12,13). The van der Waals surface area contributed by atoms with Crippen molar-refractivity contribution < 1.29 is 8.42 Å². The first kappa shape index (κ1) is 13.5. The van der Waals surface area contributed by atoms with Gasteiger partial charge in [-0.3, -0.25) is 0 Å². The third-order valence-corrected chi connectivity index (χ3v) is 5.65. The Morgan fingerprint density at radius 1 is 1.56 bits per heavy atom. The van der Waals surface area contributed by atoms with Crippen molar-refractivity contribution >= 4 is 33.1 Å². The number of hydrogen-bond acceptors (Lipinski definition) is 6. The van der Waals surface area contributed by atoms with Gasteiger partial charge >= 0.3 is 0 Å². The smallest absolute Gasteiger partial charge is 0.169 e. The van der Waals surface area contributed by atoms with E-state index in [-0.39, 0.29) is 0 Å². The minimum absolute atomic E-state index is 0.508. The highest BCUT2D eigenvalue weighted by Gasteiger charge is 2.31. The highest BCUT2D eigenvalue weighted by Crippen LogP contribution is 2.27. The summed E-state index contributed by atoms with van der Waals surface area (Å²) in [4.78, 5) is 6.13. The highest BCUT2D eigenvalue weighted by atomic mass is 32.2. The number of rotatable bonds is 2. The first-order valence-electron chi connectivity index (χ1n) is 5.65. The molecular formula is C11H17N3O2S2. The van der Waals surface area contributed by atoms with Crippen molar-refractivity contribution in [1.82, 2.24) is 4.98 Å². The van der Waals surface area contributed by atoms with Crippen molar-refractivity contribution in [1.29, 1.82) is 0 Å². The number of aryl methyl sites for hydroxylation is 1. The van der Waals surface area contributed by atoms with Gasteiger partial charge in [0.2, 0.25) is 0 Å². The summed E-state index contributed by atoms with van der Waals surface area (Å²) in [6.45, 7) is 2.56. The van der Waals surface area contributed by atoms with Crippen molar-refractivity contribution in [2.24, 2.45) is 0 Å². The monoisotopic (exact) mass is 287 g/mol. The lowest BCUT2D eigenvalue weighted by molar-refractivity contribution is 0.583. The predicted molar refractivity (Wildman–Crippen MR) is 76.7 cm³/mol. The number of thioether (sulfide) groups is 1. The number of nitrogens with two attached hydrogens (primary N) is 1. The van der Waals surface area contributed by atoms with Gasteiger partial charge in [0, 0.05) is 42.3 Å². The van der Waals surface area contributed by atoms with Gasteiger partial charge in [0.15, 0.2) is 9.84 Å². The van der Waals surface area contributed by atoms with Crippen molar-refractivity contribution in [3.8, 4) is 0 Å². The zero-order chi connectivity index (χ0) is 13.3. The first-order chi connectivity index (χ1) is 8.39. The van der Waals surface area contributed by atoms with Crippen molar-refractivity contribution in [3.05, 3.63) is 17.8 Å². The molecule has 0 aromatic carbocycles. The van der Waals surface area contributed by atoms with Crippen LogP contribution >= 0.6 is 11.8 Å². The number of nitrogens with zero attached hydrogens (tertiary/aromatic N) is 2. The van der Waals surface area contributed by atoms with Gasteiger partial charge in [-0.1, -0.05) is 0 Å². The predicted octanol–water partition coefficient (Wildman–Crippen LogP) is 0.896. The van der Waals surface area contributed by atoms with Gasteiger partial charge in [-0.15, -0.1) is 0 Å².